The summed E-state index contributed by atoms with van der Waals surface area (Å²) in [4.78, 5) is 0. The van der Waals surface area contributed by atoms with Crippen LogP contribution >= 0.6 is 0 Å². The molecule has 0 fully saturated rings. The Labute approximate surface area is 117 Å². The first-order valence-electron chi connectivity index (χ1n) is 6.75. The number of nitrogens with zero attached hydrogens (tertiary/aromatic N) is 1. The molecule has 0 N–H and O–H groups in total. The van der Waals surface area contributed by atoms with Gasteiger partial charge in [-0.3, -0.25) is 0 Å². The molecule has 1 aromatic heterocycles. The molecule has 0 radical (unpaired) electrons. The van der Waals surface area contributed by atoms with Gasteiger partial charge >= 0.3 is 0 Å². The molecule has 0 atom stereocenters. The number of aryl methyl sites for hydroxylation is 1. The Bertz CT molecular complexity index is 691. The maximum Gasteiger partial charge on any atom is 0.123 e. The summed E-state index contributed by atoms with van der Waals surface area (Å²) in [5.41, 5.74) is 1.06. The Morgan fingerprint density at radius 2 is 1.85 bits per heavy atom. The molecule has 0 saturated heterocycles. The van der Waals surface area contributed by atoms with Gasteiger partial charge in [0.15, 0.2) is 0 Å². The predicted octanol–water partition coefficient (Wildman–Crippen LogP) is 4.25. The number of benzene rings is 2. The van der Waals surface area contributed by atoms with Crippen molar-refractivity contribution in [3.63, 3.8) is 0 Å². The molecule has 0 aliphatic carbocycles. The van der Waals surface area contributed by atoms with Crippen LogP contribution in [0.2, 0.25) is 0 Å². The summed E-state index contributed by atoms with van der Waals surface area (Å²) in [6, 6.07) is 16.6. The molecule has 1 heterocycles. The second-order valence-electron chi connectivity index (χ2n) is 4.73. The normalized spacial score (nSPS) is 10.8. The van der Waals surface area contributed by atoms with Crippen molar-refractivity contribution in [1.29, 1.82) is 0 Å². The van der Waals surface area contributed by atoms with Crippen molar-refractivity contribution < 1.29 is 9.13 Å². The molecule has 3 rings (SSSR count). The van der Waals surface area contributed by atoms with Gasteiger partial charge in [0.25, 0.3) is 0 Å². The molecular weight excluding hydrogens is 253 g/mol. The van der Waals surface area contributed by atoms with Gasteiger partial charge in [0, 0.05) is 23.6 Å². The van der Waals surface area contributed by atoms with Crippen LogP contribution in [0.5, 0.6) is 5.75 Å². The minimum atomic E-state index is -0.192. The lowest BCUT2D eigenvalue weighted by molar-refractivity contribution is 0.302. The molecule has 0 amide bonds. The summed E-state index contributed by atoms with van der Waals surface area (Å²) in [5.74, 6) is 0.703. The van der Waals surface area contributed by atoms with Crippen LogP contribution in [0, 0.1) is 5.82 Å². The van der Waals surface area contributed by atoms with Crippen LogP contribution < -0.4 is 4.74 Å². The van der Waals surface area contributed by atoms with Crippen LogP contribution in [0.15, 0.2) is 60.8 Å². The number of para-hydroxylation sites is 1. The molecule has 20 heavy (non-hydrogen) atoms. The summed E-state index contributed by atoms with van der Waals surface area (Å²) < 4.78 is 20.9. The molecule has 3 aromatic rings. The van der Waals surface area contributed by atoms with Crippen molar-refractivity contribution >= 4 is 10.9 Å². The second kappa shape index (κ2) is 5.78. The molecule has 2 aromatic carbocycles. The first-order valence-corrected chi connectivity index (χ1v) is 6.75. The van der Waals surface area contributed by atoms with E-state index in [0.29, 0.717) is 6.61 Å². The molecule has 3 heteroatoms. The smallest absolute Gasteiger partial charge is 0.123 e. The van der Waals surface area contributed by atoms with E-state index in [0.717, 1.165) is 29.6 Å². The zero-order chi connectivity index (χ0) is 13.8. The van der Waals surface area contributed by atoms with Gasteiger partial charge in [-0.25, -0.2) is 4.39 Å². The van der Waals surface area contributed by atoms with E-state index in [4.69, 9.17) is 4.74 Å². The number of aromatic nitrogens is 1. The first kappa shape index (κ1) is 12.7. The van der Waals surface area contributed by atoms with E-state index in [1.54, 1.807) is 6.07 Å². The van der Waals surface area contributed by atoms with E-state index in [1.165, 1.54) is 6.07 Å². The van der Waals surface area contributed by atoms with E-state index < -0.39 is 0 Å². The van der Waals surface area contributed by atoms with Crippen molar-refractivity contribution in [1.82, 2.24) is 4.57 Å². The van der Waals surface area contributed by atoms with Crippen molar-refractivity contribution in [2.24, 2.45) is 0 Å². The van der Waals surface area contributed by atoms with Gasteiger partial charge < -0.3 is 9.30 Å². The molecular formula is C17H16FNO. The van der Waals surface area contributed by atoms with Crippen LogP contribution in [-0.4, -0.2) is 11.2 Å². The summed E-state index contributed by atoms with van der Waals surface area (Å²) in [6.07, 6.45) is 2.91. The van der Waals surface area contributed by atoms with E-state index in [2.05, 4.69) is 4.57 Å². The molecule has 0 saturated carbocycles. The lowest BCUT2D eigenvalue weighted by Gasteiger charge is -2.07. The Morgan fingerprint density at radius 3 is 2.70 bits per heavy atom. The van der Waals surface area contributed by atoms with Gasteiger partial charge in [0.05, 0.1) is 6.61 Å². The number of hydrogen-bond acceptors (Lipinski definition) is 1. The standard InChI is InChI=1S/C17H16FNO/c18-15-7-8-17-14(13-15)9-11-19(17)10-4-12-20-16-5-2-1-3-6-16/h1-3,5-9,11,13H,4,10,12H2. The minimum absolute atomic E-state index is 0.192. The largest absolute Gasteiger partial charge is 0.494 e. The number of halogens is 1. The summed E-state index contributed by atoms with van der Waals surface area (Å²) in [6.45, 7) is 1.53. The molecule has 0 aliphatic rings. The highest BCUT2D eigenvalue weighted by molar-refractivity contribution is 5.80. The maximum absolute atomic E-state index is 13.1. The van der Waals surface area contributed by atoms with Gasteiger partial charge in [-0.2, -0.15) is 0 Å². The van der Waals surface area contributed by atoms with Crippen molar-refractivity contribution in [3.05, 3.63) is 66.6 Å². The summed E-state index contributed by atoms with van der Waals surface area (Å²) >= 11 is 0. The second-order valence-corrected chi connectivity index (χ2v) is 4.73. The van der Waals surface area contributed by atoms with Crippen LogP contribution in [0.25, 0.3) is 10.9 Å². The highest BCUT2D eigenvalue weighted by Gasteiger charge is 2.02. The average Bonchev–Trinajstić information content (AvgIpc) is 2.87. The Kier molecular flexibility index (Phi) is 3.68. The van der Waals surface area contributed by atoms with Crippen LogP contribution in [0.3, 0.4) is 0 Å². The van der Waals surface area contributed by atoms with Gasteiger partial charge in [0.1, 0.15) is 11.6 Å². The average molecular weight is 269 g/mol. The third-order valence-electron chi connectivity index (χ3n) is 3.29. The fourth-order valence-electron chi connectivity index (χ4n) is 2.31. The predicted molar refractivity (Wildman–Crippen MR) is 78.5 cm³/mol. The molecule has 0 aliphatic heterocycles. The van der Waals surface area contributed by atoms with E-state index in [9.17, 15) is 4.39 Å². The summed E-state index contributed by atoms with van der Waals surface area (Å²) in [5, 5.41) is 0.939. The van der Waals surface area contributed by atoms with Crippen LogP contribution in [0.1, 0.15) is 6.42 Å². The number of rotatable bonds is 5. The van der Waals surface area contributed by atoms with E-state index >= 15 is 0 Å². The van der Waals surface area contributed by atoms with Crippen LogP contribution in [0.4, 0.5) is 4.39 Å². The number of ether oxygens (including phenoxy) is 1. The lowest BCUT2D eigenvalue weighted by Crippen LogP contribution is -2.03. The Balaban J connectivity index is 1.58. The van der Waals surface area contributed by atoms with Crippen molar-refractivity contribution in [3.8, 4) is 5.75 Å². The third kappa shape index (κ3) is 2.82. The highest BCUT2D eigenvalue weighted by Crippen LogP contribution is 2.17. The summed E-state index contributed by atoms with van der Waals surface area (Å²) in [7, 11) is 0. The van der Waals surface area contributed by atoms with E-state index in [1.807, 2.05) is 48.7 Å². The van der Waals surface area contributed by atoms with E-state index in [-0.39, 0.29) is 5.82 Å². The zero-order valence-corrected chi connectivity index (χ0v) is 11.1. The molecule has 2 nitrogen and oxygen atoms in total. The number of fused-ring (bicyclic) bond motifs is 1. The highest BCUT2D eigenvalue weighted by atomic mass is 19.1. The quantitative estimate of drug-likeness (QED) is 0.632. The van der Waals surface area contributed by atoms with Crippen molar-refractivity contribution in [2.75, 3.05) is 6.61 Å². The fraction of sp³-hybridized carbons (Fsp3) is 0.176. The van der Waals surface area contributed by atoms with Crippen LogP contribution in [-0.2, 0) is 6.54 Å². The van der Waals surface area contributed by atoms with Gasteiger partial charge in [0.2, 0.25) is 0 Å². The fourth-order valence-corrected chi connectivity index (χ4v) is 2.31. The molecule has 0 bridgehead atoms. The lowest BCUT2D eigenvalue weighted by atomic mass is 10.2. The number of hydrogen-bond donors (Lipinski definition) is 0. The van der Waals surface area contributed by atoms with Gasteiger partial charge in [-0.15, -0.1) is 0 Å². The first-order chi connectivity index (χ1) is 9.83. The molecule has 102 valence electrons. The Morgan fingerprint density at radius 1 is 1.00 bits per heavy atom. The Hall–Kier alpha value is -2.29. The topological polar surface area (TPSA) is 14.2 Å². The minimum Gasteiger partial charge on any atom is -0.494 e. The molecule has 0 spiro atoms. The maximum atomic E-state index is 13.1. The monoisotopic (exact) mass is 269 g/mol. The van der Waals surface area contributed by atoms with Gasteiger partial charge in [-0.05, 0) is 42.8 Å². The third-order valence-corrected chi connectivity index (χ3v) is 3.29. The van der Waals surface area contributed by atoms with Gasteiger partial charge in [-0.1, -0.05) is 18.2 Å². The SMILES string of the molecule is Fc1ccc2c(ccn2CCCOc2ccccc2)c1. The molecule has 0 unspecified atom stereocenters. The van der Waals surface area contributed by atoms with Crippen molar-refractivity contribution in [2.45, 2.75) is 13.0 Å². The zero-order valence-electron chi connectivity index (χ0n) is 11.1.